The molecule has 206 valence electrons. The lowest BCUT2D eigenvalue weighted by Crippen LogP contribution is -2.48. The Kier molecular flexibility index (Phi) is 10.1. The molecule has 0 aromatic heterocycles. The molecule has 0 saturated carbocycles. The van der Waals surface area contributed by atoms with Crippen LogP contribution < -0.4 is 15.4 Å². The number of carbonyl (C=O) groups is 3. The van der Waals surface area contributed by atoms with Gasteiger partial charge in [-0.2, -0.15) is 0 Å². The Morgan fingerprint density at radius 3 is 2.58 bits per heavy atom. The zero-order valence-corrected chi connectivity index (χ0v) is 22.6. The minimum absolute atomic E-state index is 0.0233. The molecule has 0 spiro atoms. The molecule has 2 aromatic carbocycles. The predicted molar refractivity (Wildman–Crippen MR) is 143 cm³/mol. The van der Waals surface area contributed by atoms with Crippen LogP contribution in [-0.4, -0.2) is 80.2 Å². The molecule has 0 aliphatic carbocycles. The first-order chi connectivity index (χ1) is 18.2. The minimum Gasteiger partial charge on any atom is -0.491 e. The smallest absolute Gasteiger partial charge is 0.319 e. The van der Waals surface area contributed by atoms with E-state index in [0.717, 1.165) is 6.42 Å². The number of halogens is 1. The monoisotopic (exact) mass is 528 g/mol. The summed E-state index contributed by atoms with van der Waals surface area (Å²) in [6, 6.07) is 9.88. The van der Waals surface area contributed by atoms with Gasteiger partial charge in [-0.15, -0.1) is 0 Å². The van der Waals surface area contributed by atoms with E-state index in [-0.39, 0.29) is 55.0 Å². The highest BCUT2D eigenvalue weighted by Gasteiger charge is 2.31. The number of ether oxygens (including phenoxy) is 2. The van der Waals surface area contributed by atoms with Gasteiger partial charge in [-0.1, -0.05) is 26.0 Å². The quantitative estimate of drug-likeness (QED) is 0.611. The zero-order chi connectivity index (χ0) is 27.8. The molecule has 0 saturated heterocycles. The van der Waals surface area contributed by atoms with Crippen molar-refractivity contribution in [3.63, 3.8) is 0 Å². The lowest BCUT2D eigenvalue weighted by atomic mass is 10.0. The number of fused-ring (bicyclic) bond motifs is 1. The first-order valence-corrected chi connectivity index (χ1v) is 12.8. The van der Waals surface area contributed by atoms with Crippen LogP contribution in [0.2, 0.25) is 0 Å². The van der Waals surface area contributed by atoms with E-state index in [2.05, 4.69) is 10.6 Å². The van der Waals surface area contributed by atoms with Gasteiger partial charge in [0.25, 0.3) is 11.8 Å². The average molecular weight is 529 g/mol. The van der Waals surface area contributed by atoms with Crippen molar-refractivity contribution in [1.29, 1.82) is 0 Å². The molecule has 3 atom stereocenters. The number of benzene rings is 2. The van der Waals surface area contributed by atoms with Crippen molar-refractivity contribution in [2.75, 3.05) is 45.7 Å². The Hall–Kier alpha value is -3.66. The second-order valence-corrected chi connectivity index (χ2v) is 9.63. The molecule has 0 unspecified atom stereocenters. The molecule has 2 aromatic rings. The van der Waals surface area contributed by atoms with Crippen LogP contribution in [0.5, 0.6) is 5.75 Å². The molecule has 1 aliphatic rings. The summed E-state index contributed by atoms with van der Waals surface area (Å²) in [6.07, 6.45) is 0.418. The largest absolute Gasteiger partial charge is 0.491 e. The van der Waals surface area contributed by atoms with Gasteiger partial charge in [-0.05, 0) is 37.6 Å². The number of hydrogen-bond acceptors (Lipinski definition) is 5. The van der Waals surface area contributed by atoms with Crippen molar-refractivity contribution < 1.29 is 28.2 Å². The summed E-state index contributed by atoms with van der Waals surface area (Å²) >= 11 is 0. The van der Waals surface area contributed by atoms with Gasteiger partial charge in [-0.3, -0.25) is 9.59 Å². The van der Waals surface area contributed by atoms with Crippen LogP contribution in [0.4, 0.5) is 14.9 Å². The van der Waals surface area contributed by atoms with Crippen molar-refractivity contribution in [1.82, 2.24) is 15.1 Å². The van der Waals surface area contributed by atoms with E-state index in [1.54, 1.807) is 48.2 Å². The Balaban J connectivity index is 1.97. The first-order valence-electron chi connectivity index (χ1n) is 12.8. The van der Waals surface area contributed by atoms with E-state index in [1.807, 2.05) is 20.8 Å². The molecule has 1 aliphatic heterocycles. The van der Waals surface area contributed by atoms with Crippen LogP contribution in [-0.2, 0) is 4.74 Å². The molecular weight excluding hydrogens is 491 g/mol. The topological polar surface area (TPSA) is 100 Å². The van der Waals surface area contributed by atoms with E-state index in [0.29, 0.717) is 17.8 Å². The Bertz CT molecular complexity index is 1140. The molecule has 0 fully saturated rings. The van der Waals surface area contributed by atoms with Crippen LogP contribution in [0.3, 0.4) is 0 Å². The second kappa shape index (κ2) is 13.2. The summed E-state index contributed by atoms with van der Waals surface area (Å²) in [4.78, 5) is 42.1. The molecule has 1 heterocycles. The Morgan fingerprint density at radius 2 is 1.89 bits per heavy atom. The zero-order valence-electron chi connectivity index (χ0n) is 22.6. The van der Waals surface area contributed by atoms with Gasteiger partial charge in [0.1, 0.15) is 18.2 Å². The first kappa shape index (κ1) is 28.9. The van der Waals surface area contributed by atoms with Gasteiger partial charge >= 0.3 is 6.03 Å². The fourth-order valence-electron chi connectivity index (χ4n) is 4.34. The molecule has 4 amide bonds. The minimum atomic E-state index is -0.597. The SMILES string of the molecule is CCCNC(=O)Nc1ccc2c(c1)OC[C@@H](C)N(C(=O)c1ccccc1F)C[C@H](C)[C@@H](OC)CN(C)C2=O. The number of nitrogens with one attached hydrogen (secondary N) is 2. The Labute approximate surface area is 223 Å². The summed E-state index contributed by atoms with van der Waals surface area (Å²) in [5.41, 5.74) is 0.745. The number of methoxy groups -OCH3 is 1. The number of likely N-dealkylation sites (N-methyl/N-ethyl adjacent to an activating group) is 1. The number of rotatable bonds is 5. The number of amides is 4. The van der Waals surface area contributed by atoms with Crippen molar-refractivity contribution in [2.24, 2.45) is 5.92 Å². The van der Waals surface area contributed by atoms with Crippen LogP contribution in [0.15, 0.2) is 42.5 Å². The third-order valence-corrected chi connectivity index (χ3v) is 6.61. The van der Waals surface area contributed by atoms with Gasteiger partial charge in [0.05, 0.1) is 23.3 Å². The van der Waals surface area contributed by atoms with Crippen LogP contribution >= 0.6 is 0 Å². The van der Waals surface area contributed by atoms with Gasteiger partial charge in [0.2, 0.25) is 0 Å². The van der Waals surface area contributed by atoms with Crippen molar-refractivity contribution in [3.8, 4) is 5.75 Å². The van der Waals surface area contributed by atoms with E-state index in [1.165, 1.54) is 18.2 Å². The number of anilines is 1. The fraction of sp³-hybridized carbons (Fsp3) is 0.464. The van der Waals surface area contributed by atoms with Crippen LogP contribution in [0.1, 0.15) is 47.9 Å². The van der Waals surface area contributed by atoms with Gasteiger partial charge in [0, 0.05) is 51.5 Å². The molecule has 0 bridgehead atoms. The van der Waals surface area contributed by atoms with Crippen molar-refractivity contribution in [3.05, 3.63) is 59.4 Å². The third kappa shape index (κ3) is 7.00. The second-order valence-electron chi connectivity index (χ2n) is 9.63. The third-order valence-electron chi connectivity index (χ3n) is 6.61. The van der Waals surface area contributed by atoms with Crippen molar-refractivity contribution >= 4 is 23.5 Å². The van der Waals surface area contributed by atoms with E-state index < -0.39 is 17.8 Å². The lowest BCUT2D eigenvalue weighted by molar-refractivity contribution is 0.0110. The molecule has 9 nitrogen and oxygen atoms in total. The number of carbonyl (C=O) groups excluding carboxylic acids is 3. The maximum Gasteiger partial charge on any atom is 0.319 e. The summed E-state index contributed by atoms with van der Waals surface area (Å²) in [5.74, 6) is -1.21. The highest BCUT2D eigenvalue weighted by Crippen LogP contribution is 2.27. The van der Waals surface area contributed by atoms with Gasteiger partial charge in [0.15, 0.2) is 0 Å². The standard InChI is InChI=1S/C28H37FN4O5/c1-6-13-30-28(36)31-20-11-12-22-24(14-20)38-17-19(3)33(27(35)21-9-7-8-10-23(21)29)15-18(2)25(37-5)16-32(4)26(22)34/h7-12,14,18-19,25H,6,13,15-17H2,1-5H3,(H2,30,31,36)/t18-,19+,25-/m0/s1. The lowest BCUT2D eigenvalue weighted by Gasteiger charge is -2.36. The maximum atomic E-state index is 14.5. The molecule has 38 heavy (non-hydrogen) atoms. The van der Waals surface area contributed by atoms with Gasteiger partial charge < -0.3 is 29.9 Å². The van der Waals surface area contributed by atoms with Crippen LogP contribution in [0, 0.1) is 11.7 Å². The molecular formula is C28H37FN4O5. The summed E-state index contributed by atoms with van der Waals surface area (Å²) in [5, 5.41) is 5.48. The highest BCUT2D eigenvalue weighted by molar-refractivity contribution is 5.98. The van der Waals surface area contributed by atoms with Crippen LogP contribution in [0.25, 0.3) is 0 Å². The predicted octanol–water partition coefficient (Wildman–Crippen LogP) is 4.00. The molecule has 2 N–H and O–H groups in total. The number of nitrogens with zero attached hydrogens (tertiary/aromatic N) is 2. The number of urea groups is 1. The maximum absolute atomic E-state index is 14.5. The van der Waals surface area contributed by atoms with E-state index in [4.69, 9.17) is 9.47 Å². The Morgan fingerprint density at radius 1 is 1.16 bits per heavy atom. The van der Waals surface area contributed by atoms with Crippen molar-refractivity contribution in [2.45, 2.75) is 39.3 Å². The summed E-state index contributed by atoms with van der Waals surface area (Å²) in [6.45, 7) is 6.80. The number of hydrogen-bond donors (Lipinski definition) is 2. The molecule has 3 rings (SSSR count). The van der Waals surface area contributed by atoms with E-state index in [9.17, 15) is 18.8 Å². The summed E-state index contributed by atoms with van der Waals surface area (Å²) in [7, 11) is 3.24. The normalized spacial score (nSPS) is 20.5. The van der Waals surface area contributed by atoms with Gasteiger partial charge in [-0.25, -0.2) is 9.18 Å². The molecule has 10 heteroatoms. The molecule has 0 radical (unpaired) electrons. The van der Waals surface area contributed by atoms with E-state index >= 15 is 0 Å². The average Bonchev–Trinajstić information content (AvgIpc) is 2.91. The highest BCUT2D eigenvalue weighted by atomic mass is 19.1. The fourth-order valence-corrected chi connectivity index (χ4v) is 4.34. The summed E-state index contributed by atoms with van der Waals surface area (Å²) < 4.78 is 26.3.